The summed E-state index contributed by atoms with van der Waals surface area (Å²) in [6, 6.07) is -0.913. The second-order valence-corrected chi connectivity index (χ2v) is 9.75. The van der Waals surface area contributed by atoms with Gasteiger partial charge in [0, 0.05) is 16.0 Å². The summed E-state index contributed by atoms with van der Waals surface area (Å²) in [5.74, 6) is -2.04. The third-order valence-corrected chi connectivity index (χ3v) is 7.74. The third kappa shape index (κ3) is 5.30. The van der Waals surface area contributed by atoms with Gasteiger partial charge >= 0.3 is 57.4 Å². The molecule has 4 N–H and O–H groups in total. The summed E-state index contributed by atoms with van der Waals surface area (Å²) in [6.07, 6.45) is 3.49. The van der Waals surface area contributed by atoms with Gasteiger partial charge in [0.15, 0.2) is 10.8 Å². The molecule has 0 radical (unpaired) electrons. The van der Waals surface area contributed by atoms with Crippen LogP contribution in [0.1, 0.15) is 17.7 Å². The van der Waals surface area contributed by atoms with Crippen molar-refractivity contribution in [2.24, 2.45) is 5.16 Å². The second-order valence-electron chi connectivity index (χ2n) is 6.87. The molecule has 1 saturated heterocycles. The predicted octanol–water partition coefficient (Wildman–Crippen LogP) is -1.59. The third-order valence-electron chi connectivity index (χ3n) is 4.87. The SMILES string of the molecule is CO/N=C(\C(=O)N[C@@H]1C(=O)N2C(C(=O)O)=C(/C=C\c3scnc3C)CS[C@H]12)c1csc(N)n1.[H-].[K+]. The van der Waals surface area contributed by atoms with Crippen LogP contribution < -0.4 is 62.4 Å². The van der Waals surface area contributed by atoms with Crippen molar-refractivity contribution in [2.45, 2.75) is 18.3 Å². The van der Waals surface area contributed by atoms with Gasteiger partial charge in [0.25, 0.3) is 11.8 Å². The number of thioether (sulfide) groups is 1. The van der Waals surface area contributed by atoms with Crippen molar-refractivity contribution in [3.05, 3.63) is 44.5 Å². The summed E-state index contributed by atoms with van der Waals surface area (Å²) >= 11 is 3.94. The zero-order valence-electron chi connectivity index (χ0n) is 19.3. The van der Waals surface area contributed by atoms with Gasteiger partial charge in [-0.15, -0.1) is 34.4 Å². The minimum absolute atomic E-state index is 0. The minimum Gasteiger partial charge on any atom is -1.00 e. The predicted molar refractivity (Wildman–Crippen MR) is 127 cm³/mol. The van der Waals surface area contributed by atoms with Crippen LogP contribution in [-0.2, 0) is 19.2 Å². The largest absolute Gasteiger partial charge is 1.00 e. The first-order valence-electron chi connectivity index (χ1n) is 9.44. The number of carboxylic acid groups (broad SMARTS) is 1. The Morgan fingerprint density at radius 3 is 2.76 bits per heavy atom. The summed E-state index contributed by atoms with van der Waals surface area (Å²) < 4.78 is 0. The Morgan fingerprint density at radius 1 is 1.41 bits per heavy atom. The van der Waals surface area contributed by atoms with E-state index in [2.05, 4.69) is 20.4 Å². The molecular weight excluding hydrogens is 528 g/mol. The van der Waals surface area contributed by atoms with E-state index in [0.717, 1.165) is 21.9 Å². The number of β-lactam (4-membered cyclic amide) rings is 1. The van der Waals surface area contributed by atoms with E-state index < -0.39 is 29.2 Å². The number of nitrogens with two attached hydrogens (primary N) is 1. The molecule has 4 heterocycles. The Labute approximate surface area is 250 Å². The van der Waals surface area contributed by atoms with Crippen LogP contribution in [0.3, 0.4) is 0 Å². The van der Waals surface area contributed by atoms with Crippen molar-refractivity contribution in [3.8, 4) is 0 Å². The fourth-order valence-electron chi connectivity index (χ4n) is 3.32. The molecule has 0 spiro atoms. The van der Waals surface area contributed by atoms with E-state index in [1.54, 1.807) is 23.0 Å². The number of nitrogens with one attached hydrogen (secondary N) is 1. The number of carbonyl (C=O) groups excluding carboxylic acids is 2. The number of hydrogen-bond acceptors (Lipinski definition) is 11. The van der Waals surface area contributed by atoms with Crippen LogP contribution in [0.4, 0.5) is 5.13 Å². The van der Waals surface area contributed by atoms with Crippen LogP contribution in [-0.4, -0.2) is 67.7 Å². The summed E-state index contributed by atoms with van der Waals surface area (Å²) in [4.78, 5) is 52.7. The number of amides is 2. The first-order chi connectivity index (χ1) is 15.8. The van der Waals surface area contributed by atoms with Gasteiger partial charge in [0.2, 0.25) is 0 Å². The molecule has 11 nitrogen and oxygen atoms in total. The molecule has 0 aliphatic carbocycles. The van der Waals surface area contributed by atoms with Crippen molar-refractivity contribution in [2.75, 3.05) is 18.6 Å². The molecule has 34 heavy (non-hydrogen) atoms. The average Bonchev–Trinajstić information content (AvgIpc) is 3.40. The smallest absolute Gasteiger partial charge is 1.00 e. The molecule has 0 saturated carbocycles. The van der Waals surface area contributed by atoms with Gasteiger partial charge < -0.3 is 22.4 Å². The second kappa shape index (κ2) is 11.4. The van der Waals surface area contributed by atoms with Gasteiger partial charge in [0.1, 0.15) is 29.9 Å². The van der Waals surface area contributed by atoms with E-state index in [0.29, 0.717) is 11.3 Å². The van der Waals surface area contributed by atoms with Crippen LogP contribution in [0.2, 0.25) is 0 Å². The van der Waals surface area contributed by atoms with E-state index >= 15 is 0 Å². The number of rotatable bonds is 7. The Hall–Kier alpha value is -1.59. The number of carboxylic acids is 1. The average molecular weight is 547 g/mol. The maximum atomic E-state index is 12.9. The molecule has 2 aromatic heterocycles. The quantitative estimate of drug-likeness (QED) is 0.161. The van der Waals surface area contributed by atoms with Gasteiger partial charge in [-0.3, -0.25) is 14.5 Å². The zero-order chi connectivity index (χ0) is 23.7. The molecule has 4 rings (SSSR count). The first kappa shape index (κ1) is 27.0. The van der Waals surface area contributed by atoms with Crippen LogP contribution in [0.5, 0.6) is 0 Å². The molecule has 174 valence electrons. The fraction of sp³-hybridized carbons (Fsp3) is 0.263. The number of aromatic nitrogens is 2. The number of oxime groups is 1. The number of aliphatic carboxylic acids is 1. The van der Waals surface area contributed by atoms with E-state index in [9.17, 15) is 19.5 Å². The van der Waals surface area contributed by atoms with Crippen LogP contribution in [0.25, 0.3) is 6.08 Å². The molecule has 1 fully saturated rings. The molecule has 2 aromatic rings. The summed E-state index contributed by atoms with van der Waals surface area (Å²) in [6.45, 7) is 1.86. The fourth-order valence-corrected chi connectivity index (χ4v) is 5.88. The first-order valence-corrected chi connectivity index (χ1v) is 12.2. The van der Waals surface area contributed by atoms with Crippen LogP contribution >= 0.6 is 34.4 Å². The Balaban J connectivity index is 0.00000216. The summed E-state index contributed by atoms with van der Waals surface area (Å²) in [7, 11) is 1.28. The molecule has 0 unspecified atom stereocenters. The molecule has 2 aliphatic rings. The normalized spacial score (nSPS) is 20.0. The zero-order valence-corrected chi connectivity index (χ0v) is 23.9. The van der Waals surface area contributed by atoms with E-state index in [1.807, 2.05) is 6.92 Å². The topological polar surface area (TPSA) is 160 Å². The van der Waals surface area contributed by atoms with Gasteiger partial charge in [0.05, 0.1) is 11.2 Å². The molecule has 0 bridgehead atoms. The van der Waals surface area contributed by atoms with Crippen molar-refractivity contribution >= 4 is 69.1 Å². The van der Waals surface area contributed by atoms with Crippen molar-refractivity contribution in [1.29, 1.82) is 0 Å². The number of fused-ring (bicyclic) bond motifs is 1. The van der Waals surface area contributed by atoms with Crippen molar-refractivity contribution in [1.82, 2.24) is 20.2 Å². The molecular formula is C19H19KN6O5S3. The van der Waals surface area contributed by atoms with Gasteiger partial charge in [-0.05, 0) is 18.6 Å². The molecule has 15 heteroatoms. The molecule has 2 atom stereocenters. The number of nitrogens with zero attached hydrogens (tertiary/aromatic N) is 4. The molecule has 2 aliphatic heterocycles. The molecule has 2 amide bonds. The van der Waals surface area contributed by atoms with Crippen molar-refractivity contribution < 1.29 is 77.1 Å². The van der Waals surface area contributed by atoms with Crippen LogP contribution in [0.15, 0.2) is 33.4 Å². The maximum Gasteiger partial charge on any atom is 1.00 e. The number of nitrogen functional groups attached to an aromatic ring is 1. The Morgan fingerprint density at radius 2 is 2.18 bits per heavy atom. The Bertz CT molecular complexity index is 1230. The standard InChI is InChI=1S/C19H18N6O5S3.K.H/c1-8-11(33-7-21-8)4-3-9-5-31-17-13(16(27)25(17)14(9)18(28)29)23-15(26)12(24-30-2)10-6-32-19(20)22-10;;/h3-4,6-7,13,17H,5H2,1-2H3,(H2,20,22)(H,23,26)(H,28,29);;/q;+1;-1/b4-3-,24-12-;;/t13-,17-;;/m1../s1. The Kier molecular flexibility index (Phi) is 9.08. The van der Waals surface area contributed by atoms with Gasteiger partial charge in [-0.25, -0.2) is 14.8 Å². The van der Waals surface area contributed by atoms with E-state index in [-0.39, 0.29) is 75.0 Å². The summed E-state index contributed by atoms with van der Waals surface area (Å²) in [5, 5.41) is 17.4. The van der Waals surface area contributed by atoms with E-state index in [4.69, 9.17) is 10.6 Å². The van der Waals surface area contributed by atoms with Crippen LogP contribution in [0, 0.1) is 6.92 Å². The van der Waals surface area contributed by atoms with Gasteiger partial charge in [-0.1, -0.05) is 11.2 Å². The number of carbonyl (C=O) groups is 3. The number of hydrogen-bond donors (Lipinski definition) is 3. The maximum absolute atomic E-state index is 12.9. The number of anilines is 1. The monoisotopic (exact) mass is 546 g/mol. The summed E-state index contributed by atoms with van der Waals surface area (Å²) in [5.41, 5.74) is 8.68. The minimum atomic E-state index is -1.21. The number of thiazole rings is 2. The number of aryl methyl sites for hydroxylation is 1. The van der Waals surface area contributed by atoms with Crippen molar-refractivity contribution in [3.63, 3.8) is 0 Å². The van der Waals surface area contributed by atoms with E-state index in [1.165, 1.54) is 35.1 Å². The number of allylic oxidation sites excluding steroid dienone is 1. The van der Waals surface area contributed by atoms with Gasteiger partial charge in [-0.2, -0.15) is 0 Å². The molecule has 0 aromatic carbocycles.